The average Bonchev–Trinajstić information content (AvgIpc) is 2.65. The topological polar surface area (TPSA) is 125 Å². The molecular weight excluding hydrogens is 379 g/mol. The molecule has 10 heteroatoms. The van der Waals surface area contributed by atoms with Gasteiger partial charge in [-0.1, -0.05) is 0 Å². The molecule has 0 saturated carbocycles. The summed E-state index contributed by atoms with van der Waals surface area (Å²) in [7, 11) is -2.52. The number of nitrogens with one attached hydrogen (secondary N) is 1. The minimum Gasteiger partial charge on any atom is -0.496 e. The van der Waals surface area contributed by atoms with E-state index in [2.05, 4.69) is 0 Å². The number of methoxy groups -OCH3 is 1. The number of primary amides is 1. The van der Waals surface area contributed by atoms with Crippen LogP contribution in [0.4, 0.5) is 4.39 Å². The number of carbonyl (C=O) groups is 2. The Morgan fingerprint density at radius 1 is 1.15 bits per heavy atom. The number of esters is 1. The monoisotopic (exact) mass is 396 g/mol. The zero-order valence-corrected chi connectivity index (χ0v) is 15.1. The summed E-state index contributed by atoms with van der Waals surface area (Å²) in [5, 5.41) is 0. The lowest BCUT2D eigenvalue weighted by Gasteiger charge is -2.10. The first-order valence-corrected chi connectivity index (χ1v) is 9.09. The van der Waals surface area contributed by atoms with Crippen LogP contribution in [0.1, 0.15) is 15.9 Å². The van der Waals surface area contributed by atoms with Crippen molar-refractivity contribution >= 4 is 21.9 Å². The normalized spacial score (nSPS) is 11.0. The summed E-state index contributed by atoms with van der Waals surface area (Å²) in [5.41, 5.74) is 5.34. The average molecular weight is 396 g/mol. The maximum Gasteiger partial charge on any atom is 0.338 e. The molecule has 8 nitrogen and oxygen atoms in total. The first-order chi connectivity index (χ1) is 12.7. The molecule has 0 unspecified atom stereocenters. The molecule has 3 N–H and O–H groups in total. The van der Waals surface area contributed by atoms with Gasteiger partial charge in [0.2, 0.25) is 15.9 Å². The highest BCUT2D eigenvalue weighted by Gasteiger charge is 2.16. The van der Waals surface area contributed by atoms with Crippen molar-refractivity contribution in [1.29, 1.82) is 0 Å². The molecule has 0 aliphatic carbocycles. The van der Waals surface area contributed by atoms with Crippen molar-refractivity contribution in [2.75, 3.05) is 13.7 Å². The van der Waals surface area contributed by atoms with Crippen LogP contribution in [0.5, 0.6) is 5.75 Å². The van der Waals surface area contributed by atoms with E-state index in [9.17, 15) is 22.4 Å². The third-order valence-electron chi connectivity index (χ3n) is 3.44. The molecule has 2 aromatic rings. The van der Waals surface area contributed by atoms with Crippen LogP contribution in [-0.4, -0.2) is 33.9 Å². The Kier molecular flexibility index (Phi) is 6.48. The number of amides is 1. The van der Waals surface area contributed by atoms with Gasteiger partial charge in [0.1, 0.15) is 18.2 Å². The lowest BCUT2D eigenvalue weighted by molar-refractivity contribution is -0.116. The molecule has 0 saturated heterocycles. The number of ether oxygens (including phenoxy) is 2. The summed E-state index contributed by atoms with van der Waals surface area (Å²) in [6.07, 6.45) is 0. The van der Waals surface area contributed by atoms with Crippen LogP contribution < -0.4 is 15.2 Å². The van der Waals surface area contributed by atoms with E-state index in [0.717, 1.165) is 0 Å². The molecule has 0 radical (unpaired) electrons. The summed E-state index contributed by atoms with van der Waals surface area (Å²) in [6.45, 7) is -0.762. The Morgan fingerprint density at radius 3 is 2.41 bits per heavy atom. The molecule has 0 bridgehead atoms. The van der Waals surface area contributed by atoms with Crippen LogP contribution in [0.3, 0.4) is 0 Å². The summed E-state index contributed by atoms with van der Waals surface area (Å²) < 4.78 is 49.4. The Balaban J connectivity index is 2.06. The maximum absolute atomic E-state index is 13.3. The summed E-state index contributed by atoms with van der Waals surface area (Å²) >= 11 is 0. The summed E-state index contributed by atoms with van der Waals surface area (Å²) in [6, 6.07) is 8.69. The van der Waals surface area contributed by atoms with E-state index >= 15 is 0 Å². The molecule has 2 rings (SSSR count). The van der Waals surface area contributed by atoms with Gasteiger partial charge in [-0.2, -0.15) is 0 Å². The largest absolute Gasteiger partial charge is 0.496 e. The highest BCUT2D eigenvalue weighted by atomic mass is 32.2. The minimum atomic E-state index is -3.93. The number of carbonyl (C=O) groups excluding carboxylic acids is 2. The van der Waals surface area contributed by atoms with E-state index in [1.165, 1.54) is 49.6 Å². The molecule has 0 atom stereocenters. The van der Waals surface area contributed by atoms with Gasteiger partial charge >= 0.3 is 5.97 Å². The predicted molar refractivity (Wildman–Crippen MR) is 92.9 cm³/mol. The van der Waals surface area contributed by atoms with Crippen molar-refractivity contribution in [2.45, 2.75) is 11.5 Å². The van der Waals surface area contributed by atoms with Crippen molar-refractivity contribution in [3.8, 4) is 5.75 Å². The molecule has 27 heavy (non-hydrogen) atoms. The molecule has 0 aliphatic rings. The first kappa shape index (κ1) is 20.3. The molecule has 144 valence electrons. The van der Waals surface area contributed by atoms with E-state index in [1.54, 1.807) is 0 Å². The van der Waals surface area contributed by atoms with Crippen LogP contribution in [-0.2, 0) is 26.2 Å². The van der Waals surface area contributed by atoms with Gasteiger partial charge in [0.05, 0.1) is 24.1 Å². The fourth-order valence-corrected chi connectivity index (χ4v) is 3.10. The Labute approximate surface area is 155 Å². The molecule has 0 fully saturated rings. The van der Waals surface area contributed by atoms with E-state index in [-0.39, 0.29) is 17.1 Å². The lowest BCUT2D eigenvalue weighted by atomic mass is 10.2. The highest BCUT2D eigenvalue weighted by Crippen LogP contribution is 2.21. The standard InChI is InChI=1S/C17H17FN2O6S/c1-25-15-7-4-13(18)8-12(15)10-26-17(22)11-2-5-14(6-3-11)27(23,24)20-9-16(19)21/h2-8,20H,9-10H2,1H3,(H2,19,21). The van der Waals surface area contributed by atoms with Crippen LogP contribution in [0.25, 0.3) is 0 Å². The van der Waals surface area contributed by atoms with E-state index < -0.39 is 34.3 Å². The Morgan fingerprint density at radius 2 is 1.81 bits per heavy atom. The van der Waals surface area contributed by atoms with Crippen LogP contribution in [0.15, 0.2) is 47.4 Å². The highest BCUT2D eigenvalue weighted by molar-refractivity contribution is 7.89. The number of nitrogens with two attached hydrogens (primary N) is 1. The van der Waals surface area contributed by atoms with Gasteiger partial charge in [-0.3, -0.25) is 4.79 Å². The van der Waals surface area contributed by atoms with Crippen LogP contribution in [0, 0.1) is 5.82 Å². The third-order valence-corrected chi connectivity index (χ3v) is 4.86. The lowest BCUT2D eigenvalue weighted by Crippen LogP contribution is -2.33. The van der Waals surface area contributed by atoms with Crippen molar-refractivity contribution < 1.29 is 31.9 Å². The summed E-state index contributed by atoms with van der Waals surface area (Å²) in [5.74, 6) is -1.69. The number of benzene rings is 2. The fourth-order valence-electron chi connectivity index (χ4n) is 2.11. The molecule has 0 aromatic heterocycles. The number of rotatable bonds is 8. The molecule has 0 spiro atoms. The zero-order valence-electron chi connectivity index (χ0n) is 14.3. The van der Waals surface area contributed by atoms with E-state index in [4.69, 9.17) is 15.2 Å². The van der Waals surface area contributed by atoms with Crippen molar-refractivity contribution in [2.24, 2.45) is 5.73 Å². The van der Waals surface area contributed by atoms with Crippen LogP contribution >= 0.6 is 0 Å². The fraction of sp³-hybridized carbons (Fsp3) is 0.176. The minimum absolute atomic E-state index is 0.0965. The van der Waals surface area contributed by atoms with E-state index in [0.29, 0.717) is 11.3 Å². The van der Waals surface area contributed by atoms with E-state index in [1.807, 2.05) is 4.72 Å². The second kappa shape index (κ2) is 8.60. The third kappa shape index (κ3) is 5.50. The van der Waals surface area contributed by atoms with Gasteiger partial charge in [0, 0.05) is 5.56 Å². The number of hydrogen-bond acceptors (Lipinski definition) is 6. The number of halogens is 1. The van der Waals surface area contributed by atoms with Gasteiger partial charge in [-0.05, 0) is 42.5 Å². The number of sulfonamides is 1. The maximum atomic E-state index is 13.3. The predicted octanol–water partition coefficient (Wildman–Crippen LogP) is 0.955. The second-order valence-corrected chi connectivity index (χ2v) is 7.11. The molecule has 0 aliphatic heterocycles. The molecular formula is C17H17FN2O6S. The first-order valence-electron chi connectivity index (χ1n) is 7.60. The van der Waals surface area contributed by atoms with Crippen LogP contribution in [0.2, 0.25) is 0 Å². The number of hydrogen-bond donors (Lipinski definition) is 2. The second-order valence-electron chi connectivity index (χ2n) is 5.35. The van der Waals surface area contributed by atoms with Crippen molar-refractivity contribution in [3.63, 3.8) is 0 Å². The quantitative estimate of drug-likeness (QED) is 0.640. The molecule has 0 heterocycles. The van der Waals surface area contributed by atoms with Gasteiger partial charge < -0.3 is 15.2 Å². The SMILES string of the molecule is COc1ccc(F)cc1COC(=O)c1ccc(S(=O)(=O)NCC(N)=O)cc1. The Bertz CT molecular complexity index is 944. The Hall–Kier alpha value is -2.98. The van der Waals surface area contributed by atoms with Gasteiger partial charge in [-0.25, -0.2) is 22.3 Å². The summed E-state index contributed by atoms with van der Waals surface area (Å²) in [4.78, 5) is 22.6. The van der Waals surface area contributed by atoms with Crippen molar-refractivity contribution in [3.05, 3.63) is 59.4 Å². The zero-order chi connectivity index (χ0) is 20.0. The van der Waals surface area contributed by atoms with Gasteiger partial charge in [0.25, 0.3) is 0 Å². The van der Waals surface area contributed by atoms with Gasteiger partial charge in [0.15, 0.2) is 0 Å². The van der Waals surface area contributed by atoms with Gasteiger partial charge in [-0.15, -0.1) is 0 Å². The van der Waals surface area contributed by atoms with Crippen molar-refractivity contribution in [1.82, 2.24) is 4.72 Å². The smallest absolute Gasteiger partial charge is 0.338 e. The molecule has 1 amide bonds. The molecule has 2 aromatic carbocycles.